The number of aliphatic hydroxyl groups excluding tert-OH is 1. The van der Waals surface area contributed by atoms with Gasteiger partial charge in [0.05, 0.1) is 30.6 Å². The van der Waals surface area contributed by atoms with Crippen molar-refractivity contribution in [2.45, 2.75) is 122 Å². The van der Waals surface area contributed by atoms with Crippen LogP contribution < -0.4 is 5.32 Å². The van der Waals surface area contributed by atoms with Crippen molar-refractivity contribution in [1.82, 2.24) is 5.32 Å². The van der Waals surface area contributed by atoms with Crippen LogP contribution in [0.4, 0.5) is 4.79 Å². The highest BCUT2D eigenvalue weighted by Gasteiger charge is 2.78. The second-order valence-electron chi connectivity index (χ2n) is 18.0. The van der Waals surface area contributed by atoms with Crippen LogP contribution in [-0.2, 0) is 42.8 Å². The number of esters is 3. The molecule has 0 aromatic heterocycles. The maximum Gasteiger partial charge on any atom is 0.408 e. The summed E-state index contributed by atoms with van der Waals surface area (Å²) < 4.78 is 36.5. The first kappa shape index (κ1) is 43.9. The predicted octanol–water partition coefficient (Wildman–Crippen LogP) is 5.19. The summed E-state index contributed by atoms with van der Waals surface area (Å²) in [6.45, 7) is 12.5. The van der Waals surface area contributed by atoms with E-state index < -0.39 is 106 Å². The standard InChI is InChI=1S/C45H57NO13/c1-25-31(56-33(49)21-30(27-16-12-10-13-17-27)46-40(52)59-41(3,4)5)22-45(53)38(57-39(51)28-18-14-11-15-19-28)36-43(8,37(50)35(54-9)34(25)42(45,6)7)29(23-47)20-32-44(36,24-55-32)58-26(2)48/h10-19,29-32,35-36,38,47,53H,20-24H2,1-9H3,(H,46,52)/t29-,30-,31+,32-,35-,36+,38+,43-,44+,45-/m1/s1. The number of alkyl carbamates (subject to hydrolysis) is 1. The van der Waals surface area contributed by atoms with Crippen LogP contribution in [0.15, 0.2) is 71.8 Å². The number of fused-ring (bicyclic) bond motifs is 5. The second kappa shape index (κ2) is 16.1. The van der Waals surface area contributed by atoms with Crippen LogP contribution in [0.1, 0.15) is 96.6 Å². The molecular formula is C45H57NO13. The fourth-order valence-corrected chi connectivity index (χ4v) is 10.1. The van der Waals surface area contributed by atoms with E-state index in [1.807, 2.05) is 0 Å². The first-order chi connectivity index (χ1) is 27.6. The van der Waals surface area contributed by atoms with Gasteiger partial charge in [0, 0.05) is 37.9 Å². The number of hydrogen-bond acceptors (Lipinski definition) is 13. The summed E-state index contributed by atoms with van der Waals surface area (Å²) in [5, 5.41) is 27.4. The minimum atomic E-state index is -2.15. The highest BCUT2D eigenvalue weighted by Crippen LogP contribution is 2.65. The van der Waals surface area contributed by atoms with Gasteiger partial charge in [-0.1, -0.05) is 69.3 Å². The average Bonchev–Trinajstić information content (AvgIpc) is 3.16. The monoisotopic (exact) mass is 819 g/mol. The molecule has 3 aliphatic carbocycles. The van der Waals surface area contributed by atoms with Crippen molar-refractivity contribution < 1.29 is 62.6 Å². The number of hydrogen-bond donors (Lipinski definition) is 3. The molecule has 0 radical (unpaired) electrons. The summed E-state index contributed by atoms with van der Waals surface area (Å²) in [6.07, 6.45) is -6.26. The Morgan fingerprint density at radius 1 is 0.983 bits per heavy atom. The van der Waals surface area contributed by atoms with Crippen LogP contribution in [0, 0.1) is 22.7 Å². The minimum absolute atomic E-state index is 0.123. The Bertz CT molecular complexity index is 1980. The molecule has 2 aromatic rings. The zero-order valence-corrected chi connectivity index (χ0v) is 35.2. The van der Waals surface area contributed by atoms with Gasteiger partial charge >= 0.3 is 24.0 Å². The molecule has 0 spiro atoms. The van der Waals surface area contributed by atoms with Crippen LogP contribution in [-0.4, -0.2) is 102 Å². The lowest BCUT2D eigenvalue weighted by molar-refractivity contribution is -0.342. The SMILES string of the molecule is CO[C@H]1C(=O)[C@]2(C)[C@@H](CO)C[C@H]3OC[C@@]3(OC(C)=O)[C@H]2[C@H](OC(=O)c2ccccc2)[C@]2(O)C[C@H](OC(=O)C[C@@H](NC(=O)OC(C)(C)C)c3ccccc3)C(C)=C1C2(C)C. The second-order valence-corrected chi connectivity index (χ2v) is 18.0. The molecule has 1 saturated heterocycles. The van der Waals surface area contributed by atoms with Crippen LogP contribution in [0.5, 0.6) is 0 Å². The molecule has 320 valence electrons. The van der Waals surface area contributed by atoms with Crippen LogP contribution in [0.25, 0.3) is 0 Å². The Hall–Kier alpha value is -4.63. The molecule has 3 fully saturated rings. The molecule has 1 aliphatic heterocycles. The third-order valence-electron chi connectivity index (χ3n) is 13.1. The number of benzene rings is 2. The largest absolute Gasteiger partial charge is 0.458 e. The van der Waals surface area contributed by atoms with E-state index in [1.165, 1.54) is 14.0 Å². The summed E-state index contributed by atoms with van der Waals surface area (Å²) in [5.41, 5.74) is -6.08. The number of ketones is 1. The van der Waals surface area contributed by atoms with Crippen molar-refractivity contribution in [3.8, 4) is 0 Å². The summed E-state index contributed by atoms with van der Waals surface area (Å²) in [5.74, 6) is -4.84. The zero-order chi connectivity index (χ0) is 43.3. The lowest BCUT2D eigenvalue weighted by Crippen LogP contribution is -2.81. The molecular weight excluding hydrogens is 762 g/mol. The van der Waals surface area contributed by atoms with E-state index in [2.05, 4.69) is 5.32 Å². The zero-order valence-electron chi connectivity index (χ0n) is 35.2. The first-order valence-corrected chi connectivity index (χ1v) is 20.1. The lowest BCUT2D eigenvalue weighted by atomic mass is 9.43. The number of rotatable bonds is 10. The fourth-order valence-electron chi connectivity index (χ4n) is 10.1. The van der Waals surface area contributed by atoms with Gasteiger partial charge in [-0.15, -0.1) is 0 Å². The Morgan fingerprint density at radius 3 is 2.15 bits per heavy atom. The van der Waals surface area contributed by atoms with E-state index in [4.69, 9.17) is 28.4 Å². The summed E-state index contributed by atoms with van der Waals surface area (Å²) in [6, 6.07) is 16.1. The van der Waals surface area contributed by atoms with Gasteiger partial charge in [0.15, 0.2) is 11.4 Å². The summed E-state index contributed by atoms with van der Waals surface area (Å²) in [4.78, 5) is 69.9. The number of ether oxygens (including phenoxy) is 6. The molecule has 2 saturated carbocycles. The maximum absolute atomic E-state index is 15.5. The molecule has 4 aliphatic rings. The predicted molar refractivity (Wildman–Crippen MR) is 212 cm³/mol. The van der Waals surface area contributed by atoms with Crippen molar-refractivity contribution in [1.29, 1.82) is 0 Å². The topological polar surface area (TPSA) is 193 Å². The maximum atomic E-state index is 15.5. The van der Waals surface area contributed by atoms with E-state index in [1.54, 1.807) is 109 Å². The number of aliphatic hydroxyl groups is 2. The highest BCUT2D eigenvalue weighted by atomic mass is 16.6. The van der Waals surface area contributed by atoms with Gasteiger partial charge < -0.3 is 44.0 Å². The van der Waals surface area contributed by atoms with E-state index in [0.29, 0.717) is 16.7 Å². The van der Waals surface area contributed by atoms with E-state index >= 15 is 4.79 Å². The number of Topliss-reactive ketones (excluding diaryl/α,β-unsaturated/α-hetero) is 1. The number of carbonyl (C=O) groups excluding carboxylic acids is 5. The first-order valence-electron chi connectivity index (χ1n) is 20.1. The van der Waals surface area contributed by atoms with Gasteiger partial charge in [-0.05, 0) is 68.9 Å². The molecule has 14 nitrogen and oxygen atoms in total. The van der Waals surface area contributed by atoms with E-state index in [9.17, 15) is 29.4 Å². The van der Waals surface area contributed by atoms with Gasteiger partial charge in [0.25, 0.3) is 0 Å². The fraction of sp³-hybridized carbons (Fsp3) is 0.578. The van der Waals surface area contributed by atoms with E-state index in [0.717, 1.165) is 0 Å². The number of nitrogens with one attached hydrogen (secondary N) is 1. The lowest BCUT2D eigenvalue weighted by Gasteiger charge is -2.68. The molecule has 10 atom stereocenters. The molecule has 14 heteroatoms. The number of methoxy groups -OCH3 is 1. The molecule has 2 bridgehead atoms. The molecule has 1 amide bonds. The summed E-state index contributed by atoms with van der Waals surface area (Å²) >= 11 is 0. The molecule has 1 heterocycles. The van der Waals surface area contributed by atoms with Crippen LogP contribution >= 0.6 is 0 Å². The molecule has 0 unspecified atom stereocenters. The van der Waals surface area contributed by atoms with Gasteiger partial charge in [-0.3, -0.25) is 14.4 Å². The Balaban J connectivity index is 1.50. The third-order valence-corrected chi connectivity index (χ3v) is 13.1. The quantitative estimate of drug-likeness (QED) is 0.161. The number of amides is 1. The van der Waals surface area contributed by atoms with Gasteiger partial charge in [-0.2, -0.15) is 0 Å². The normalized spacial score (nSPS) is 32.8. The van der Waals surface area contributed by atoms with Crippen molar-refractivity contribution in [2.75, 3.05) is 20.3 Å². The smallest absolute Gasteiger partial charge is 0.408 e. The van der Waals surface area contributed by atoms with Gasteiger partial charge in [0.1, 0.15) is 35.6 Å². The molecule has 2 aromatic carbocycles. The Kier molecular flexibility index (Phi) is 12.0. The van der Waals surface area contributed by atoms with Crippen molar-refractivity contribution in [3.63, 3.8) is 0 Å². The van der Waals surface area contributed by atoms with Gasteiger partial charge in [-0.25, -0.2) is 9.59 Å². The Morgan fingerprint density at radius 2 is 1.61 bits per heavy atom. The third kappa shape index (κ3) is 7.69. The average molecular weight is 820 g/mol. The molecule has 6 rings (SSSR count). The van der Waals surface area contributed by atoms with Crippen molar-refractivity contribution in [2.24, 2.45) is 22.7 Å². The van der Waals surface area contributed by atoms with Crippen molar-refractivity contribution >= 4 is 29.8 Å². The summed E-state index contributed by atoms with van der Waals surface area (Å²) in [7, 11) is 1.36. The molecule has 59 heavy (non-hydrogen) atoms. The minimum Gasteiger partial charge on any atom is -0.458 e. The van der Waals surface area contributed by atoms with Crippen molar-refractivity contribution in [3.05, 3.63) is 82.9 Å². The Labute approximate surface area is 344 Å². The van der Waals surface area contributed by atoms with Crippen LogP contribution in [0.2, 0.25) is 0 Å². The van der Waals surface area contributed by atoms with E-state index in [-0.39, 0.29) is 31.4 Å². The molecule has 3 N–H and O–H groups in total. The highest BCUT2D eigenvalue weighted by molar-refractivity contribution is 5.94. The number of carbonyl (C=O) groups is 5. The van der Waals surface area contributed by atoms with Gasteiger partial charge in [0.2, 0.25) is 0 Å². The van der Waals surface area contributed by atoms with Crippen LogP contribution in [0.3, 0.4) is 0 Å².